The molecule has 0 spiro atoms. The van der Waals surface area contributed by atoms with Crippen LogP contribution in [0.4, 0.5) is 0 Å². The van der Waals surface area contributed by atoms with E-state index in [2.05, 4.69) is 55.3 Å². The molecule has 0 N–H and O–H groups in total. The molecule has 1 saturated heterocycles. The molecule has 5 aliphatic rings. The molecule has 5 rings (SSSR count). The molecule has 0 radical (unpaired) electrons. The second kappa shape index (κ2) is 17.3. The van der Waals surface area contributed by atoms with Crippen LogP contribution in [0, 0.1) is 58.2 Å². The highest BCUT2D eigenvalue weighted by atomic mass is 16.7. The first-order valence-corrected chi connectivity index (χ1v) is 21.4. The van der Waals surface area contributed by atoms with Crippen LogP contribution in [0.3, 0.4) is 0 Å². The van der Waals surface area contributed by atoms with Crippen molar-refractivity contribution in [1.82, 2.24) is 0 Å². The molecular weight excluding hydrogens is 607 g/mol. The number of hydrogen-bond donors (Lipinski definition) is 0. The molecule has 5 fully saturated rings. The second-order valence-corrected chi connectivity index (χ2v) is 18.7. The van der Waals surface area contributed by atoms with Crippen LogP contribution in [-0.2, 0) is 23.6 Å². The summed E-state index contributed by atoms with van der Waals surface area (Å²) in [4.78, 5) is 26.9. The summed E-state index contributed by atoms with van der Waals surface area (Å²) in [5.74, 6) is 4.26. The monoisotopic (exact) mass is 683 g/mol. The van der Waals surface area contributed by atoms with Crippen molar-refractivity contribution < 1.29 is 23.6 Å². The van der Waals surface area contributed by atoms with Crippen molar-refractivity contribution in [2.45, 2.75) is 202 Å². The van der Waals surface area contributed by atoms with Crippen LogP contribution in [0.2, 0.25) is 6.82 Å². The van der Waals surface area contributed by atoms with Gasteiger partial charge in [-0.15, -0.1) is 0 Å². The number of ether oxygens (including phenoxy) is 1. The summed E-state index contributed by atoms with van der Waals surface area (Å²) < 4.78 is 19.0. The lowest BCUT2D eigenvalue weighted by molar-refractivity contribution is -0.171. The number of carbonyl (C=O) groups is 2. The molecule has 0 aromatic rings. The molecule has 0 unspecified atom stereocenters. The first-order valence-electron chi connectivity index (χ1n) is 21.4. The van der Waals surface area contributed by atoms with Gasteiger partial charge in [-0.3, -0.25) is 9.59 Å². The maximum absolute atomic E-state index is 14.1. The summed E-state index contributed by atoms with van der Waals surface area (Å²) in [6, 6.07) is 0. The van der Waals surface area contributed by atoms with Crippen molar-refractivity contribution in [2.24, 2.45) is 58.2 Å². The fourth-order valence-corrected chi connectivity index (χ4v) is 12.3. The molecule has 0 aromatic heterocycles. The molecule has 1 heterocycles. The predicted molar refractivity (Wildman–Crippen MR) is 201 cm³/mol. The van der Waals surface area contributed by atoms with Crippen LogP contribution in [-0.4, -0.2) is 37.2 Å². The first kappa shape index (κ1) is 39.3. The first-order chi connectivity index (χ1) is 23.4. The third-order valence-corrected chi connectivity index (χ3v) is 15.5. The van der Waals surface area contributed by atoms with Gasteiger partial charge in [0, 0.05) is 18.8 Å². The van der Waals surface area contributed by atoms with Gasteiger partial charge < -0.3 is 14.0 Å². The van der Waals surface area contributed by atoms with Gasteiger partial charge in [-0.2, -0.15) is 0 Å². The Morgan fingerprint density at radius 2 is 1.41 bits per heavy atom. The standard InChI is InChI=1S/C43H75BO5/c1-9-10-11-12-13-14-15-16-17-18-19-20-39(46)47-32-23-25-43(7)36-24-26-42(6)34(21-22-35(42)33(36)28-38(45)37(43)27-32)31(5)41-40(30(4)29(2)3)48-44(8)49-41/h29-37,40-41H,9-28H2,1-8H3/t30-,31-,32-,33-,34+,35-,36-,37+,40+,41+,42+,43+/m0/s1. The summed E-state index contributed by atoms with van der Waals surface area (Å²) in [7, 11) is -0.133. The molecule has 0 amide bonds. The van der Waals surface area contributed by atoms with Gasteiger partial charge in [0.2, 0.25) is 0 Å². The highest BCUT2D eigenvalue weighted by Gasteiger charge is 2.63. The number of unbranched alkanes of at least 4 members (excludes halogenated alkanes) is 10. The lowest BCUT2D eigenvalue weighted by Crippen LogP contribution is -2.57. The summed E-state index contributed by atoms with van der Waals surface area (Å²) >= 11 is 0. The van der Waals surface area contributed by atoms with E-state index in [4.69, 9.17) is 14.0 Å². The zero-order chi connectivity index (χ0) is 35.3. The van der Waals surface area contributed by atoms with Crippen molar-refractivity contribution in [1.29, 1.82) is 0 Å². The number of rotatable bonds is 17. The minimum Gasteiger partial charge on any atom is -0.462 e. The Bertz CT molecular complexity index is 1080. The normalized spacial score (nSPS) is 38.6. The number of hydrogen-bond acceptors (Lipinski definition) is 5. The molecule has 49 heavy (non-hydrogen) atoms. The van der Waals surface area contributed by atoms with E-state index in [1.54, 1.807) is 0 Å². The zero-order valence-corrected chi connectivity index (χ0v) is 33.1. The maximum Gasteiger partial charge on any atom is 0.454 e. The molecule has 1 aliphatic heterocycles. The van der Waals surface area contributed by atoms with Gasteiger partial charge in [0.25, 0.3) is 0 Å². The molecule has 5 nitrogen and oxygen atoms in total. The second-order valence-electron chi connectivity index (χ2n) is 18.7. The van der Waals surface area contributed by atoms with Gasteiger partial charge in [-0.25, -0.2) is 0 Å². The molecule has 12 atom stereocenters. The van der Waals surface area contributed by atoms with Gasteiger partial charge in [-0.05, 0) is 110 Å². The van der Waals surface area contributed by atoms with E-state index in [1.807, 2.05) is 0 Å². The van der Waals surface area contributed by atoms with E-state index in [1.165, 1.54) is 83.5 Å². The highest BCUT2D eigenvalue weighted by molar-refractivity contribution is 6.43. The van der Waals surface area contributed by atoms with Gasteiger partial charge in [-0.1, -0.05) is 113 Å². The summed E-state index contributed by atoms with van der Waals surface area (Å²) in [6.07, 6.45) is 23.2. The fourth-order valence-electron chi connectivity index (χ4n) is 12.3. The highest BCUT2D eigenvalue weighted by Crippen LogP contribution is 2.68. The molecular formula is C43H75BO5. The van der Waals surface area contributed by atoms with E-state index >= 15 is 0 Å². The molecule has 6 heteroatoms. The maximum atomic E-state index is 14.1. The summed E-state index contributed by atoms with van der Waals surface area (Å²) in [6.45, 7) is 18.7. The lowest BCUT2D eigenvalue weighted by Gasteiger charge is -2.60. The molecule has 4 aliphatic carbocycles. The van der Waals surface area contributed by atoms with Crippen LogP contribution in [0.15, 0.2) is 0 Å². The van der Waals surface area contributed by atoms with Crippen molar-refractivity contribution in [3.63, 3.8) is 0 Å². The average molecular weight is 683 g/mol. The predicted octanol–water partition coefficient (Wildman–Crippen LogP) is 11.3. The van der Waals surface area contributed by atoms with Crippen molar-refractivity contribution >= 4 is 18.9 Å². The van der Waals surface area contributed by atoms with Crippen LogP contribution in [0.1, 0.15) is 177 Å². The molecule has 0 aromatic carbocycles. The third kappa shape index (κ3) is 8.68. The van der Waals surface area contributed by atoms with Crippen LogP contribution in [0.25, 0.3) is 0 Å². The summed E-state index contributed by atoms with van der Waals surface area (Å²) in [5.41, 5.74) is 0.297. The minimum absolute atomic E-state index is 0.0405. The smallest absolute Gasteiger partial charge is 0.454 e. The average Bonchev–Trinajstić information content (AvgIpc) is 3.63. The number of esters is 1. The van der Waals surface area contributed by atoms with E-state index in [0.29, 0.717) is 53.6 Å². The zero-order valence-electron chi connectivity index (χ0n) is 33.1. The summed E-state index contributed by atoms with van der Waals surface area (Å²) in [5, 5.41) is 0. The molecule has 280 valence electrons. The molecule has 4 saturated carbocycles. The van der Waals surface area contributed by atoms with Crippen molar-refractivity contribution in [3.05, 3.63) is 0 Å². The van der Waals surface area contributed by atoms with Crippen LogP contribution < -0.4 is 0 Å². The third-order valence-electron chi connectivity index (χ3n) is 15.5. The van der Waals surface area contributed by atoms with Gasteiger partial charge in [0.05, 0.1) is 12.2 Å². The van der Waals surface area contributed by atoms with Crippen molar-refractivity contribution in [3.8, 4) is 0 Å². The Morgan fingerprint density at radius 3 is 2.06 bits per heavy atom. The quantitative estimate of drug-likeness (QED) is 0.0868. The Morgan fingerprint density at radius 1 is 0.816 bits per heavy atom. The van der Waals surface area contributed by atoms with Crippen LogP contribution >= 0.6 is 0 Å². The number of carbonyl (C=O) groups excluding carboxylic acids is 2. The van der Waals surface area contributed by atoms with Crippen molar-refractivity contribution in [2.75, 3.05) is 0 Å². The van der Waals surface area contributed by atoms with Crippen LogP contribution in [0.5, 0.6) is 0 Å². The topological polar surface area (TPSA) is 61.8 Å². The van der Waals surface area contributed by atoms with E-state index in [0.717, 1.165) is 38.5 Å². The van der Waals surface area contributed by atoms with E-state index < -0.39 is 0 Å². The number of Topliss-reactive ketones (excluding diaryl/α,β-unsaturated/α-hetero) is 1. The Balaban J connectivity index is 1.10. The lowest BCUT2D eigenvalue weighted by atomic mass is 9.44. The van der Waals surface area contributed by atoms with E-state index in [-0.39, 0.29) is 48.1 Å². The Kier molecular flexibility index (Phi) is 13.9. The largest absolute Gasteiger partial charge is 0.462 e. The number of fused-ring (bicyclic) bond motifs is 5. The minimum atomic E-state index is -0.133. The van der Waals surface area contributed by atoms with Gasteiger partial charge in [0.1, 0.15) is 11.9 Å². The van der Waals surface area contributed by atoms with E-state index in [9.17, 15) is 9.59 Å². The Labute approximate surface area is 302 Å². The Hall–Kier alpha value is -0.875. The van der Waals surface area contributed by atoms with Gasteiger partial charge >= 0.3 is 13.1 Å². The number of ketones is 1. The fraction of sp³-hybridized carbons (Fsp3) is 0.953. The van der Waals surface area contributed by atoms with Gasteiger partial charge in [0.15, 0.2) is 0 Å². The SMILES string of the molecule is CCCCCCCCCCCCCC(=O)O[C@H]1CC[C@@]2(C)[C@H](C1)C(=O)C[C@@H]1[C@@H]2CC[C@]2(C)[C@@H]([C@H](C)[C@H]3OB(C)O[C@@H]3[C@@H](C)C(C)C)CC[C@@H]12. The molecule has 0 bridgehead atoms.